The van der Waals surface area contributed by atoms with Gasteiger partial charge in [0.15, 0.2) is 0 Å². The average molecular weight is 322 g/mol. The molecule has 2 nitrogen and oxygen atoms in total. The van der Waals surface area contributed by atoms with Crippen molar-refractivity contribution in [3.63, 3.8) is 0 Å². The van der Waals surface area contributed by atoms with Crippen LogP contribution in [0.25, 0.3) is 0 Å². The van der Waals surface area contributed by atoms with Gasteiger partial charge in [-0.3, -0.25) is 0 Å². The van der Waals surface area contributed by atoms with E-state index in [2.05, 4.69) is 3.24 Å². The predicted octanol–water partition coefficient (Wildman–Crippen LogP) is 1.51. The summed E-state index contributed by atoms with van der Waals surface area (Å²) in [7, 11) is 0. The number of carbonyl (C=O) groups excluding carboxylic acids is 1. The monoisotopic (exact) mass is 322 g/mol. The Balaban J connectivity index is 4.05. The van der Waals surface area contributed by atoms with Gasteiger partial charge in [0, 0.05) is 0 Å². The first-order valence-electron chi connectivity index (χ1n) is 2.81. The molecule has 0 heterocycles. The van der Waals surface area contributed by atoms with Gasteiger partial charge in [-0.15, -0.1) is 0 Å². The minimum absolute atomic E-state index is 0.304. The van der Waals surface area contributed by atoms with Crippen LogP contribution in [0.3, 0.4) is 0 Å². The molecule has 0 aliphatic heterocycles. The molecule has 0 amide bonds. The van der Waals surface area contributed by atoms with Crippen LogP contribution in [0.5, 0.6) is 0 Å². The Labute approximate surface area is 73.4 Å². The van der Waals surface area contributed by atoms with E-state index in [4.69, 9.17) is 0 Å². The van der Waals surface area contributed by atoms with E-state index in [0.29, 0.717) is 5.57 Å². The molecule has 0 rings (SSSR count). The van der Waals surface area contributed by atoms with Crippen molar-refractivity contribution in [1.82, 2.24) is 0 Å². The molecule has 10 heavy (non-hydrogen) atoms. The zero-order valence-corrected chi connectivity index (χ0v) is 8.02. The van der Waals surface area contributed by atoms with Gasteiger partial charge in [-0.2, -0.15) is 0 Å². The summed E-state index contributed by atoms with van der Waals surface area (Å²) in [4.78, 5) is 10.7. The van der Waals surface area contributed by atoms with Gasteiger partial charge in [0.1, 0.15) is 0 Å². The second-order valence-electron chi connectivity index (χ2n) is 1.72. The van der Waals surface area contributed by atoms with Crippen molar-refractivity contribution in [2.75, 3.05) is 0 Å². The third kappa shape index (κ3) is 3.67. The van der Waals surface area contributed by atoms with E-state index >= 15 is 0 Å². The van der Waals surface area contributed by atoms with Crippen molar-refractivity contribution in [3.8, 4) is 0 Å². The van der Waals surface area contributed by atoms with Crippen LogP contribution in [-0.2, 0) is 29.5 Å². The van der Waals surface area contributed by atoms with Gasteiger partial charge < -0.3 is 0 Å². The van der Waals surface area contributed by atoms with E-state index in [1.807, 2.05) is 13.0 Å². The van der Waals surface area contributed by atoms with Crippen molar-refractivity contribution >= 4 is 5.97 Å². The summed E-state index contributed by atoms with van der Waals surface area (Å²) >= 11 is 1.73. The summed E-state index contributed by atoms with van der Waals surface area (Å²) in [5.41, 5.74) is 0.598. The number of allylic oxidation sites excluding steroid dienone is 3. The number of hydrogen-bond acceptors (Lipinski definition) is 2. The van der Waals surface area contributed by atoms with Gasteiger partial charge in [0.25, 0.3) is 0 Å². The van der Waals surface area contributed by atoms with Crippen molar-refractivity contribution < 1.29 is 29.5 Å². The average Bonchev–Trinajstić information content (AvgIpc) is 1.98. The van der Waals surface area contributed by atoms with Gasteiger partial charge in [-0.1, -0.05) is 0 Å². The zero-order chi connectivity index (χ0) is 7.98. The van der Waals surface area contributed by atoms with Crippen LogP contribution in [0.4, 0.5) is 0 Å². The van der Waals surface area contributed by atoms with E-state index in [1.165, 1.54) is 0 Å². The van der Waals surface area contributed by atoms with E-state index in [0.717, 1.165) is 0 Å². The van der Waals surface area contributed by atoms with Gasteiger partial charge in [-0.05, 0) is 0 Å². The SMILES string of the molecule is CC=CC=C(C)C(=O)[O][Au]. The van der Waals surface area contributed by atoms with Crippen LogP contribution in [0.15, 0.2) is 23.8 Å². The molecule has 0 spiro atoms. The van der Waals surface area contributed by atoms with Crippen LogP contribution in [0, 0.1) is 0 Å². The molecule has 3 heteroatoms. The van der Waals surface area contributed by atoms with Gasteiger partial charge in [-0.25, -0.2) is 0 Å². The Hall–Kier alpha value is -0.310. The first-order chi connectivity index (χ1) is 4.72. The van der Waals surface area contributed by atoms with Crippen LogP contribution in [0.1, 0.15) is 13.8 Å². The molecule has 0 saturated heterocycles. The van der Waals surface area contributed by atoms with Gasteiger partial charge in [0.2, 0.25) is 0 Å². The first kappa shape index (κ1) is 9.69. The van der Waals surface area contributed by atoms with Gasteiger partial charge >= 0.3 is 73.1 Å². The fraction of sp³-hybridized carbons (Fsp3) is 0.286. The minimum atomic E-state index is -0.304. The Bertz CT molecular complexity index is 170. The van der Waals surface area contributed by atoms with E-state index < -0.39 is 0 Å². The van der Waals surface area contributed by atoms with E-state index in [9.17, 15) is 4.79 Å². The maximum absolute atomic E-state index is 10.7. The predicted molar refractivity (Wildman–Crippen MR) is 34.7 cm³/mol. The molecule has 0 N–H and O–H groups in total. The van der Waals surface area contributed by atoms with E-state index in [-0.39, 0.29) is 5.97 Å². The molecular formula is C7H9AuO2. The molecule has 0 atom stereocenters. The van der Waals surface area contributed by atoms with Crippen molar-refractivity contribution in [3.05, 3.63) is 23.8 Å². The molecule has 0 aromatic heterocycles. The molecule has 0 bridgehead atoms. The second-order valence-corrected chi connectivity index (χ2v) is 2.17. The summed E-state index contributed by atoms with van der Waals surface area (Å²) < 4.78 is 4.41. The Morgan fingerprint density at radius 3 is 2.60 bits per heavy atom. The fourth-order valence-electron chi connectivity index (χ4n) is 0.357. The van der Waals surface area contributed by atoms with E-state index in [1.54, 1.807) is 40.5 Å². The standard InChI is InChI=1S/C7H10O2.Au/c1-3-4-5-6(2)7(8)9;/h3-5H,1-2H3,(H,8,9);/q;+1/p-1. The first-order valence-corrected chi connectivity index (χ1v) is 3.70. The van der Waals surface area contributed by atoms with Crippen molar-refractivity contribution in [2.45, 2.75) is 13.8 Å². The molecule has 0 fully saturated rings. The zero-order valence-electron chi connectivity index (χ0n) is 5.85. The molecule has 0 aliphatic carbocycles. The maximum atomic E-state index is 10.7. The Morgan fingerprint density at radius 2 is 2.20 bits per heavy atom. The normalized spacial score (nSPS) is 12.2. The summed E-state index contributed by atoms with van der Waals surface area (Å²) in [6.07, 6.45) is 5.35. The molecular weight excluding hydrogens is 313 g/mol. The van der Waals surface area contributed by atoms with Crippen LogP contribution < -0.4 is 0 Å². The number of hydrogen-bond donors (Lipinski definition) is 0. The Morgan fingerprint density at radius 1 is 1.60 bits per heavy atom. The summed E-state index contributed by atoms with van der Waals surface area (Å²) in [6, 6.07) is 0. The second kappa shape index (κ2) is 5.47. The summed E-state index contributed by atoms with van der Waals surface area (Å²) in [6.45, 7) is 3.59. The molecule has 0 saturated carbocycles. The van der Waals surface area contributed by atoms with Crippen molar-refractivity contribution in [2.24, 2.45) is 0 Å². The molecule has 0 radical (unpaired) electrons. The van der Waals surface area contributed by atoms with Crippen molar-refractivity contribution in [1.29, 1.82) is 0 Å². The number of carbonyl (C=O) groups is 1. The quantitative estimate of drug-likeness (QED) is 0.438. The molecule has 60 valence electrons. The molecule has 0 unspecified atom stereocenters. The number of rotatable bonds is 2. The summed E-state index contributed by atoms with van der Waals surface area (Å²) in [5.74, 6) is -0.304. The molecule has 0 aliphatic rings. The summed E-state index contributed by atoms with van der Waals surface area (Å²) in [5, 5.41) is 0. The topological polar surface area (TPSA) is 26.3 Å². The molecule has 0 aromatic rings. The van der Waals surface area contributed by atoms with Crippen LogP contribution in [0.2, 0.25) is 0 Å². The van der Waals surface area contributed by atoms with Crippen LogP contribution in [-0.4, -0.2) is 5.97 Å². The fourth-order valence-corrected chi connectivity index (χ4v) is 0.706. The van der Waals surface area contributed by atoms with Gasteiger partial charge in [0.05, 0.1) is 0 Å². The Kier molecular flexibility index (Phi) is 5.30. The molecule has 0 aromatic carbocycles. The third-order valence-corrected chi connectivity index (χ3v) is 1.32. The third-order valence-electron chi connectivity index (χ3n) is 0.917. The van der Waals surface area contributed by atoms with Crippen LogP contribution >= 0.6 is 0 Å².